The molecule has 19 heavy (non-hydrogen) atoms. The molecule has 0 aliphatic heterocycles. The van der Waals surface area contributed by atoms with Gasteiger partial charge < -0.3 is 5.32 Å². The van der Waals surface area contributed by atoms with Gasteiger partial charge in [0.25, 0.3) is 0 Å². The van der Waals surface area contributed by atoms with Crippen molar-refractivity contribution in [2.45, 2.75) is 32.4 Å². The predicted octanol–water partition coefficient (Wildman–Crippen LogP) is 3.18. The fourth-order valence-corrected chi connectivity index (χ4v) is 1.85. The van der Waals surface area contributed by atoms with Gasteiger partial charge in [0, 0.05) is 13.0 Å². The van der Waals surface area contributed by atoms with E-state index < -0.39 is 12.6 Å². The van der Waals surface area contributed by atoms with E-state index in [4.69, 9.17) is 0 Å². The van der Waals surface area contributed by atoms with E-state index in [1.807, 2.05) is 19.1 Å². The van der Waals surface area contributed by atoms with Crippen LogP contribution in [0, 0.1) is 6.92 Å². The first kappa shape index (κ1) is 13.6. The smallest absolute Gasteiger partial charge is 0.370 e. The van der Waals surface area contributed by atoms with Crippen molar-refractivity contribution in [2.75, 3.05) is 11.9 Å². The molecule has 2 aromatic heterocycles. The lowest BCUT2D eigenvalue weighted by Crippen LogP contribution is -2.10. The number of aromatic nitrogens is 3. The van der Waals surface area contributed by atoms with Gasteiger partial charge in [-0.2, -0.15) is 22.8 Å². The van der Waals surface area contributed by atoms with Crippen molar-refractivity contribution in [3.63, 3.8) is 0 Å². The highest BCUT2D eigenvalue weighted by Crippen LogP contribution is 2.22. The molecule has 2 rings (SSSR count). The summed E-state index contributed by atoms with van der Waals surface area (Å²) in [5.41, 5.74) is 1.75. The van der Waals surface area contributed by atoms with Gasteiger partial charge in [-0.05, 0) is 37.5 Å². The topological polar surface area (TPSA) is 42.2 Å². The number of alkyl halides is 3. The number of fused-ring (bicyclic) bond motifs is 1. The third-order valence-electron chi connectivity index (χ3n) is 2.72. The predicted molar refractivity (Wildman–Crippen MR) is 66.1 cm³/mol. The van der Waals surface area contributed by atoms with Crippen LogP contribution < -0.4 is 5.32 Å². The summed E-state index contributed by atoms with van der Waals surface area (Å²) in [5.74, 6) is 0.750. The molecule has 104 valence electrons. The van der Waals surface area contributed by atoms with Crippen molar-refractivity contribution in [3.05, 3.63) is 24.0 Å². The van der Waals surface area contributed by atoms with Crippen LogP contribution in [-0.4, -0.2) is 27.3 Å². The quantitative estimate of drug-likeness (QED) is 0.850. The van der Waals surface area contributed by atoms with Gasteiger partial charge in [0.15, 0.2) is 5.65 Å². The Morgan fingerprint density at radius 1 is 1.26 bits per heavy atom. The third kappa shape index (κ3) is 3.84. The highest BCUT2D eigenvalue weighted by molar-refractivity contribution is 5.51. The molecule has 1 N–H and O–H groups in total. The third-order valence-corrected chi connectivity index (χ3v) is 2.72. The molecule has 0 saturated carbocycles. The number of anilines is 1. The number of halogens is 3. The van der Waals surface area contributed by atoms with Crippen LogP contribution >= 0.6 is 0 Å². The van der Waals surface area contributed by atoms with Crippen LogP contribution in [0.1, 0.15) is 24.8 Å². The lowest BCUT2D eigenvalue weighted by molar-refractivity contribution is -0.135. The first-order chi connectivity index (χ1) is 8.96. The fraction of sp³-hybridized carbons (Fsp3) is 0.500. The van der Waals surface area contributed by atoms with Crippen molar-refractivity contribution in [1.29, 1.82) is 0 Å². The van der Waals surface area contributed by atoms with Gasteiger partial charge in [-0.25, -0.2) is 4.98 Å². The Morgan fingerprint density at radius 2 is 2.05 bits per heavy atom. The SMILES string of the molecule is Cc1cc(NCCCCC(F)(F)F)n2ncnc2c1. The van der Waals surface area contributed by atoms with Gasteiger partial charge in [-0.15, -0.1) is 0 Å². The maximum absolute atomic E-state index is 12.0. The number of pyridine rings is 1. The van der Waals surface area contributed by atoms with Crippen LogP contribution in [-0.2, 0) is 0 Å². The minimum Gasteiger partial charge on any atom is -0.370 e. The summed E-state index contributed by atoms with van der Waals surface area (Å²) in [5, 5.41) is 7.15. The maximum Gasteiger partial charge on any atom is 0.389 e. The van der Waals surface area contributed by atoms with Gasteiger partial charge in [0.05, 0.1) is 0 Å². The van der Waals surface area contributed by atoms with Crippen molar-refractivity contribution in [2.24, 2.45) is 0 Å². The summed E-state index contributed by atoms with van der Waals surface area (Å²) < 4.78 is 37.6. The Labute approximate surface area is 108 Å². The normalized spacial score (nSPS) is 12.0. The number of rotatable bonds is 5. The van der Waals surface area contributed by atoms with E-state index in [0.717, 1.165) is 17.0 Å². The lowest BCUT2D eigenvalue weighted by Gasteiger charge is -2.09. The van der Waals surface area contributed by atoms with Crippen LogP contribution in [0.25, 0.3) is 5.65 Å². The van der Waals surface area contributed by atoms with Gasteiger partial charge in [-0.3, -0.25) is 0 Å². The van der Waals surface area contributed by atoms with E-state index in [0.29, 0.717) is 13.0 Å². The van der Waals surface area contributed by atoms with E-state index in [-0.39, 0.29) is 6.42 Å². The zero-order valence-corrected chi connectivity index (χ0v) is 10.5. The van der Waals surface area contributed by atoms with Crippen molar-refractivity contribution < 1.29 is 13.2 Å². The van der Waals surface area contributed by atoms with E-state index in [1.165, 1.54) is 6.33 Å². The summed E-state index contributed by atoms with van der Waals surface area (Å²) in [6.45, 7) is 2.41. The molecule has 0 aliphatic carbocycles. The number of nitrogens with one attached hydrogen (secondary N) is 1. The summed E-state index contributed by atoms with van der Waals surface area (Å²) >= 11 is 0. The van der Waals surface area contributed by atoms with E-state index in [2.05, 4.69) is 15.4 Å². The van der Waals surface area contributed by atoms with Crippen molar-refractivity contribution >= 4 is 11.5 Å². The Kier molecular flexibility index (Phi) is 3.92. The molecule has 0 aliphatic rings. The van der Waals surface area contributed by atoms with Crippen LogP contribution in [0.15, 0.2) is 18.5 Å². The molecule has 0 saturated heterocycles. The molecule has 0 amide bonds. The molecule has 0 atom stereocenters. The standard InChI is InChI=1S/C12H15F3N4/c1-9-6-10(19-11(7-9)17-8-18-19)16-5-3-2-4-12(13,14)15/h6-8,16H,2-5H2,1H3. The molecule has 0 aromatic carbocycles. The average Bonchev–Trinajstić information content (AvgIpc) is 2.74. The van der Waals surface area contributed by atoms with Gasteiger partial charge in [0.1, 0.15) is 12.1 Å². The Morgan fingerprint density at radius 3 is 2.79 bits per heavy atom. The molecule has 0 bridgehead atoms. The van der Waals surface area contributed by atoms with Crippen molar-refractivity contribution in [3.8, 4) is 0 Å². The first-order valence-electron chi connectivity index (χ1n) is 6.07. The minimum atomic E-state index is -4.07. The molecule has 2 heterocycles. The first-order valence-corrected chi connectivity index (χ1v) is 6.07. The summed E-state index contributed by atoms with van der Waals surface area (Å²) in [6, 6.07) is 3.78. The second-order valence-corrected chi connectivity index (χ2v) is 4.45. The molecular formula is C12H15F3N4. The molecule has 7 heteroatoms. The zero-order valence-electron chi connectivity index (χ0n) is 10.5. The molecule has 0 unspecified atom stereocenters. The number of nitrogens with zero attached hydrogens (tertiary/aromatic N) is 3. The second kappa shape index (κ2) is 5.46. The highest BCUT2D eigenvalue weighted by atomic mass is 19.4. The monoisotopic (exact) mass is 272 g/mol. The highest BCUT2D eigenvalue weighted by Gasteiger charge is 2.25. The Bertz CT molecular complexity index is 547. The van der Waals surface area contributed by atoms with Gasteiger partial charge in [-0.1, -0.05) is 0 Å². The number of hydrogen-bond donors (Lipinski definition) is 1. The van der Waals surface area contributed by atoms with E-state index in [1.54, 1.807) is 4.52 Å². The molecular weight excluding hydrogens is 257 g/mol. The minimum absolute atomic E-state index is 0.128. The maximum atomic E-state index is 12.0. The summed E-state index contributed by atoms with van der Waals surface area (Å²) in [6.07, 6.45) is -2.76. The average molecular weight is 272 g/mol. The summed E-state index contributed by atoms with van der Waals surface area (Å²) in [4.78, 5) is 4.08. The van der Waals surface area contributed by atoms with Crippen molar-refractivity contribution in [1.82, 2.24) is 14.6 Å². The Balaban J connectivity index is 1.89. The number of unbranched alkanes of at least 4 members (excludes halogenated alkanes) is 1. The fourth-order valence-electron chi connectivity index (χ4n) is 1.85. The van der Waals surface area contributed by atoms with E-state index >= 15 is 0 Å². The summed E-state index contributed by atoms with van der Waals surface area (Å²) in [7, 11) is 0. The van der Waals surface area contributed by atoms with Crippen LogP contribution in [0.4, 0.5) is 19.0 Å². The Hall–Kier alpha value is -1.79. The number of aryl methyl sites for hydroxylation is 1. The molecule has 0 fully saturated rings. The van der Waals surface area contributed by atoms with Gasteiger partial charge in [0.2, 0.25) is 0 Å². The number of hydrogen-bond acceptors (Lipinski definition) is 3. The molecule has 0 radical (unpaired) electrons. The van der Waals surface area contributed by atoms with Crippen LogP contribution in [0.2, 0.25) is 0 Å². The largest absolute Gasteiger partial charge is 0.389 e. The lowest BCUT2D eigenvalue weighted by atomic mass is 10.2. The molecule has 0 spiro atoms. The second-order valence-electron chi connectivity index (χ2n) is 4.45. The van der Waals surface area contributed by atoms with E-state index in [9.17, 15) is 13.2 Å². The van der Waals surface area contributed by atoms with Gasteiger partial charge >= 0.3 is 6.18 Å². The van der Waals surface area contributed by atoms with Crippen LogP contribution in [0.3, 0.4) is 0 Å². The molecule has 4 nitrogen and oxygen atoms in total. The zero-order chi connectivity index (χ0) is 13.9. The molecule has 2 aromatic rings. The van der Waals surface area contributed by atoms with Crippen LogP contribution in [0.5, 0.6) is 0 Å².